The van der Waals surface area contributed by atoms with Crippen molar-refractivity contribution in [2.45, 2.75) is 49.7 Å². The van der Waals surface area contributed by atoms with E-state index in [1.165, 1.54) is 19.1 Å². The van der Waals surface area contributed by atoms with Crippen LogP contribution in [0.2, 0.25) is 0 Å². The van der Waals surface area contributed by atoms with Gasteiger partial charge in [-0.2, -0.15) is 13.2 Å². The Balaban J connectivity index is 2.24. The third-order valence-corrected chi connectivity index (χ3v) is 5.43. The van der Waals surface area contributed by atoms with E-state index in [9.17, 15) is 26.0 Å². The van der Waals surface area contributed by atoms with E-state index >= 15 is 0 Å². The number of halogens is 4. The molecule has 1 fully saturated rings. The molecule has 0 aliphatic heterocycles. The van der Waals surface area contributed by atoms with Gasteiger partial charge in [0.2, 0.25) is 10.0 Å². The minimum atomic E-state index is -4.45. The van der Waals surface area contributed by atoms with Crippen LogP contribution in [-0.4, -0.2) is 20.6 Å². The van der Waals surface area contributed by atoms with Crippen LogP contribution in [0.15, 0.2) is 23.1 Å². The number of hydrogen-bond acceptors (Lipinski definition) is 2. The lowest BCUT2D eigenvalue weighted by Gasteiger charge is -2.33. The molecule has 0 amide bonds. The van der Waals surface area contributed by atoms with Gasteiger partial charge in [0.15, 0.2) is 0 Å². The monoisotopic (exact) mass is 339 g/mol. The number of aryl methyl sites for hydroxylation is 1. The number of benzene rings is 1. The molecule has 1 aliphatic rings. The van der Waals surface area contributed by atoms with Crippen molar-refractivity contribution < 1.29 is 26.0 Å². The second-order valence-electron chi connectivity index (χ2n) is 5.57. The topological polar surface area (TPSA) is 46.2 Å². The highest BCUT2D eigenvalue weighted by Gasteiger charge is 2.46. The van der Waals surface area contributed by atoms with Crippen molar-refractivity contribution in [3.05, 3.63) is 29.6 Å². The molecule has 1 N–H and O–H groups in total. The highest BCUT2D eigenvalue weighted by molar-refractivity contribution is 7.89. The third kappa shape index (κ3) is 3.78. The highest BCUT2D eigenvalue weighted by atomic mass is 32.2. The number of hydrogen-bond donors (Lipinski definition) is 1. The molecule has 0 spiro atoms. The van der Waals surface area contributed by atoms with Gasteiger partial charge in [0, 0.05) is 6.04 Å². The molecule has 2 rings (SSSR count). The average Bonchev–Trinajstić information content (AvgIpc) is 2.40. The third-order valence-electron chi connectivity index (χ3n) is 3.95. The van der Waals surface area contributed by atoms with Crippen molar-refractivity contribution in [2.24, 2.45) is 5.92 Å². The molecule has 1 aromatic rings. The van der Waals surface area contributed by atoms with Gasteiger partial charge in [0.25, 0.3) is 0 Å². The Hall–Kier alpha value is -1.15. The van der Waals surface area contributed by atoms with Gasteiger partial charge < -0.3 is 0 Å². The van der Waals surface area contributed by atoms with E-state index in [0.29, 0.717) is 12.8 Å². The lowest BCUT2D eigenvalue weighted by Crippen LogP contribution is -2.47. The Labute approximate surface area is 126 Å². The maximum atomic E-state index is 13.5. The van der Waals surface area contributed by atoms with Gasteiger partial charge in [-0.1, -0.05) is 18.9 Å². The molecule has 22 heavy (non-hydrogen) atoms. The van der Waals surface area contributed by atoms with E-state index < -0.39 is 34.0 Å². The summed E-state index contributed by atoms with van der Waals surface area (Å²) < 4.78 is 78.9. The van der Waals surface area contributed by atoms with E-state index in [1.807, 2.05) is 0 Å². The van der Waals surface area contributed by atoms with Crippen molar-refractivity contribution in [2.75, 3.05) is 0 Å². The van der Waals surface area contributed by atoms with E-state index in [4.69, 9.17) is 0 Å². The molecule has 0 radical (unpaired) electrons. The summed E-state index contributed by atoms with van der Waals surface area (Å²) in [6, 6.07) is 2.09. The van der Waals surface area contributed by atoms with Crippen LogP contribution >= 0.6 is 0 Å². The summed E-state index contributed by atoms with van der Waals surface area (Å²) >= 11 is 0. The molecule has 0 heterocycles. The zero-order valence-electron chi connectivity index (χ0n) is 12.0. The summed E-state index contributed by atoms with van der Waals surface area (Å²) in [5.41, 5.74) is 0.268. The Kier molecular flexibility index (Phi) is 4.81. The second-order valence-corrected chi connectivity index (χ2v) is 7.29. The number of sulfonamides is 1. The maximum Gasteiger partial charge on any atom is 0.393 e. The van der Waals surface area contributed by atoms with E-state index in [1.54, 1.807) is 0 Å². The fraction of sp³-hybridized carbons (Fsp3) is 0.571. The SMILES string of the molecule is Cc1ccc(S(=O)(=O)N[C@H]2CCCC[C@H]2C(F)(F)F)cc1F. The maximum absolute atomic E-state index is 13.5. The van der Waals surface area contributed by atoms with Gasteiger partial charge in [-0.25, -0.2) is 17.5 Å². The quantitative estimate of drug-likeness (QED) is 0.857. The highest BCUT2D eigenvalue weighted by Crippen LogP contribution is 2.38. The van der Waals surface area contributed by atoms with Crippen molar-refractivity contribution >= 4 is 10.0 Å². The normalized spacial score (nSPS) is 23.5. The first kappa shape index (κ1) is 17.2. The Morgan fingerprint density at radius 1 is 1.18 bits per heavy atom. The van der Waals surface area contributed by atoms with E-state index in [2.05, 4.69) is 4.72 Å². The number of nitrogens with one attached hydrogen (secondary N) is 1. The first-order valence-corrected chi connectivity index (χ1v) is 8.45. The van der Waals surface area contributed by atoms with Gasteiger partial charge in [0.05, 0.1) is 10.8 Å². The van der Waals surface area contributed by atoms with E-state index in [0.717, 1.165) is 6.07 Å². The predicted octanol–water partition coefficient (Wildman–Crippen LogP) is 3.53. The first-order chi connectivity index (χ1) is 10.1. The zero-order valence-corrected chi connectivity index (χ0v) is 12.8. The van der Waals surface area contributed by atoms with Crippen LogP contribution in [0.4, 0.5) is 17.6 Å². The zero-order chi connectivity index (χ0) is 16.5. The standard InChI is InChI=1S/C14H17F4NO2S/c1-9-6-7-10(8-12(9)15)22(20,21)19-13-5-3-2-4-11(13)14(16,17)18/h6-8,11,13,19H,2-5H2,1H3/t11-,13+/m1/s1. The molecule has 3 nitrogen and oxygen atoms in total. The fourth-order valence-electron chi connectivity index (χ4n) is 2.67. The number of rotatable bonds is 3. The molecule has 8 heteroatoms. The summed E-state index contributed by atoms with van der Waals surface area (Å²) in [5, 5.41) is 0. The average molecular weight is 339 g/mol. The molecule has 0 saturated heterocycles. The largest absolute Gasteiger partial charge is 0.393 e. The van der Waals surface area contributed by atoms with Crippen molar-refractivity contribution in [1.29, 1.82) is 0 Å². The molecular formula is C14H17F4NO2S. The molecule has 0 aromatic heterocycles. The summed E-state index contributed by atoms with van der Waals surface area (Å²) in [7, 11) is -4.18. The molecule has 1 saturated carbocycles. The van der Waals surface area contributed by atoms with E-state index in [-0.39, 0.29) is 23.3 Å². The number of alkyl halides is 3. The predicted molar refractivity (Wildman–Crippen MR) is 73.3 cm³/mol. The molecule has 0 bridgehead atoms. The van der Waals surface area contributed by atoms with Crippen molar-refractivity contribution in [3.8, 4) is 0 Å². The Morgan fingerprint density at radius 2 is 1.82 bits per heavy atom. The van der Waals surface area contributed by atoms with Crippen molar-refractivity contribution in [3.63, 3.8) is 0 Å². The van der Waals surface area contributed by atoms with Crippen LogP contribution in [-0.2, 0) is 10.0 Å². The van der Waals surface area contributed by atoms with Gasteiger partial charge >= 0.3 is 6.18 Å². The van der Waals surface area contributed by atoms with Gasteiger partial charge in [-0.05, 0) is 37.5 Å². The van der Waals surface area contributed by atoms with Gasteiger partial charge in [0.1, 0.15) is 5.82 Å². The summed E-state index contributed by atoms with van der Waals surface area (Å²) in [5.74, 6) is -2.41. The minimum Gasteiger partial charge on any atom is -0.207 e. The molecule has 124 valence electrons. The van der Waals surface area contributed by atoms with Crippen LogP contribution in [0.25, 0.3) is 0 Å². The molecule has 0 unspecified atom stereocenters. The minimum absolute atomic E-state index is 0.0983. The van der Waals surface area contributed by atoms with Gasteiger partial charge in [-0.15, -0.1) is 0 Å². The van der Waals surface area contributed by atoms with Crippen molar-refractivity contribution in [1.82, 2.24) is 4.72 Å². The lowest BCUT2D eigenvalue weighted by molar-refractivity contribution is -0.187. The smallest absolute Gasteiger partial charge is 0.207 e. The summed E-state index contributed by atoms with van der Waals surface area (Å²) in [6.45, 7) is 1.47. The van der Waals surface area contributed by atoms with Crippen LogP contribution < -0.4 is 4.72 Å². The molecule has 1 aliphatic carbocycles. The molecular weight excluding hydrogens is 322 g/mol. The second kappa shape index (κ2) is 6.16. The van der Waals surface area contributed by atoms with Crippen LogP contribution in [0.5, 0.6) is 0 Å². The summed E-state index contributed by atoms with van der Waals surface area (Å²) in [6.07, 6.45) is -3.48. The molecule has 1 aromatic carbocycles. The fourth-order valence-corrected chi connectivity index (χ4v) is 3.99. The van der Waals surface area contributed by atoms with Crippen LogP contribution in [0.3, 0.4) is 0 Å². The van der Waals surface area contributed by atoms with Crippen LogP contribution in [0, 0.1) is 18.7 Å². The first-order valence-electron chi connectivity index (χ1n) is 6.96. The molecule has 2 atom stereocenters. The van der Waals surface area contributed by atoms with Crippen LogP contribution in [0.1, 0.15) is 31.2 Å². The summed E-state index contributed by atoms with van der Waals surface area (Å²) in [4.78, 5) is -0.359. The lowest BCUT2D eigenvalue weighted by atomic mass is 9.85. The Bertz CT molecular complexity index is 643. The Morgan fingerprint density at radius 3 is 2.41 bits per heavy atom. The van der Waals surface area contributed by atoms with Gasteiger partial charge in [-0.3, -0.25) is 0 Å².